The third kappa shape index (κ3) is 3.29. The summed E-state index contributed by atoms with van der Waals surface area (Å²) >= 11 is 0. The van der Waals surface area contributed by atoms with Crippen molar-refractivity contribution in [2.45, 2.75) is 113 Å². The van der Waals surface area contributed by atoms with Crippen molar-refractivity contribution in [3.63, 3.8) is 0 Å². The van der Waals surface area contributed by atoms with Gasteiger partial charge in [0.25, 0.3) is 0 Å². The third-order valence-corrected chi connectivity index (χ3v) is 12.2. The second-order valence-corrected chi connectivity index (χ2v) is 13.7. The van der Waals surface area contributed by atoms with Crippen molar-refractivity contribution in [1.82, 2.24) is 0 Å². The van der Waals surface area contributed by atoms with Crippen molar-refractivity contribution in [3.8, 4) is 0 Å². The fourth-order valence-corrected chi connectivity index (χ4v) is 10.1. The molecule has 14 atom stereocenters. The first-order chi connectivity index (χ1) is 18.9. The number of ketones is 1. The molecule has 40 heavy (non-hydrogen) atoms. The number of esters is 1. The quantitative estimate of drug-likeness (QED) is 0.173. The van der Waals surface area contributed by atoms with Gasteiger partial charge in [-0.2, -0.15) is 0 Å². The van der Waals surface area contributed by atoms with Gasteiger partial charge in [-0.15, -0.1) is 0 Å². The van der Waals surface area contributed by atoms with E-state index in [0.29, 0.717) is 44.1 Å². The lowest BCUT2D eigenvalue weighted by Gasteiger charge is -2.62. The molecule has 3 heterocycles. The fraction of sp³-hybridized carbons (Fsp3) is 0.862. The maximum Gasteiger partial charge on any atom is 0.331 e. The van der Waals surface area contributed by atoms with Crippen LogP contribution in [0, 0.1) is 28.6 Å². The number of epoxide rings is 1. The van der Waals surface area contributed by atoms with Crippen LogP contribution < -0.4 is 0 Å². The van der Waals surface area contributed by atoms with E-state index in [1.807, 2.05) is 0 Å². The number of hydrogen-bond acceptors (Lipinski definition) is 11. The molecule has 0 unspecified atom stereocenters. The number of aliphatic hydroxyl groups is 5. The number of cyclic esters (lactones) is 1. The highest BCUT2D eigenvalue weighted by Gasteiger charge is 2.88. The zero-order valence-electron chi connectivity index (χ0n) is 22.9. The molecular weight excluding hydrogens is 524 g/mol. The molecule has 11 nitrogen and oxygen atoms in total. The van der Waals surface area contributed by atoms with E-state index >= 15 is 0 Å². The Bertz CT molecular complexity index is 1140. The number of hydrogen-bond donors (Lipinski definition) is 5. The minimum atomic E-state index is -1.48. The molecular formula is C29H40O11. The minimum Gasteiger partial charge on any atom is -0.458 e. The van der Waals surface area contributed by atoms with Crippen molar-refractivity contribution >= 4 is 11.8 Å². The van der Waals surface area contributed by atoms with Gasteiger partial charge in [-0.3, -0.25) is 4.79 Å². The number of aliphatic hydroxyl groups excluding tert-OH is 4. The standard InChI is InChI=1S/C29H40O11/c1-26-5-3-15(38-21-10-17(31)22(33)18(11-30)39-21)8-14(26)9-19-29(40-19)24(26)23(34)25(35)27(2)16(4-6-28(27,29)36)13-7-20(32)37-12-13/h7,14-19,21-24,30-31,33-34,36H,3-6,8-12H2,1-2H3/t14-,15-,16+,17+,18+,19-,21+,22-,23+,24+,26-,27-,28+,29-/m0/s1. The third-order valence-electron chi connectivity index (χ3n) is 12.2. The molecule has 4 saturated carbocycles. The molecule has 222 valence electrons. The molecule has 0 aromatic heterocycles. The van der Waals surface area contributed by atoms with Gasteiger partial charge in [-0.05, 0) is 68.3 Å². The topological polar surface area (TPSA) is 176 Å². The van der Waals surface area contributed by atoms with Gasteiger partial charge in [0, 0.05) is 18.4 Å². The minimum absolute atomic E-state index is 0.0563. The number of fused-ring (bicyclic) bond motifs is 3. The summed E-state index contributed by atoms with van der Waals surface area (Å²) in [5.74, 6) is -1.77. The fourth-order valence-electron chi connectivity index (χ4n) is 10.1. The lowest BCUT2D eigenvalue weighted by molar-refractivity contribution is -0.278. The van der Waals surface area contributed by atoms with Gasteiger partial charge in [0.1, 0.15) is 36.1 Å². The summed E-state index contributed by atoms with van der Waals surface area (Å²) in [4.78, 5) is 26.0. The Balaban J connectivity index is 1.14. The van der Waals surface area contributed by atoms with Crippen LogP contribution >= 0.6 is 0 Å². The SMILES string of the molecule is C[C@]12CC[C@H](O[C@H]3C[C@@H](O)[C@H](O)[C@@H](CO)O3)C[C@H]1C[C@@H]1O[C@]13[C@@H]2[C@@H](O)C(=O)[C@]1(C)[C@@H](C2=CC(=O)OC2)CC[C@]31O. The van der Waals surface area contributed by atoms with E-state index in [2.05, 4.69) is 6.92 Å². The van der Waals surface area contributed by atoms with Crippen molar-refractivity contribution < 1.29 is 54.1 Å². The van der Waals surface area contributed by atoms with Crippen molar-refractivity contribution in [1.29, 1.82) is 0 Å². The van der Waals surface area contributed by atoms with E-state index in [1.165, 1.54) is 6.08 Å². The Morgan fingerprint density at radius 3 is 2.55 bits per heavy atom. The van der Waals surface area contributed by atoms with Gasteiger partial charge in [0.2, 0.25) is 0 Å². The number of ether oxygens (including phenoxy) is 4. The Hall–Kier alpha value is -1.44. The molecule has 0 bridgehead atoms. The maximum atomic E-state index is 14.1. The lowest BCUT2D eigenvalue weighted by atomic mass is 9.41. The van der Waals surface area contributed by atoms with Crippen molar-refractivity contribution in [2.75, 3.05) is 13.2 Å². The molecule has 0 amide bonds. The van der Waals surface area contributed by atoms with Crippen LogP contribution in [0.1, 0.15) is 58.8 Å². The molecule has 0 aromatic carbocycles. The van der Waals surface area contributed by atoms with E-state index in [0.717, 1.165) is 0 Å². The highest BCUT2D eigenvalue weighted by molar-refractivity contribution is 5.94. The molecule has 4 aliphatic carbocycles. The molecule has 7 aliphatic rings. The first-order valence-corrected chi connectivity index (χ1v) is 14.7. The summed E-state index contributed by atoms with van der Waals surface area (Å²) in [5, 5.41) is 54.0. The second kappa shape index (κ2) is 8.79. The van der Waals surface area contributed by atoms with E-state index in [1.54, 1.807) is 6.92 Å². The van der Waals surface area contributed by atoms with Gasteiger partial charge in [-0.25, -0.2) is 4.79 Å². The molecule has 6 fully saturated rings. The number of Topliss-reactive ketones (excluding diaryl/α,β-unsaturated/α-hetero) is 1. The Morgan fingerprint density at radius 2 is 1.85 bits per heavy atom. The number of carbonyl (C=O) groups excluding carboxylic acids is 2. The molecule has 7 rings (SSSR count). The van der Waals surface area contributed by atoms with E-state index < -0.39 is 77.1 Å². The zero-order valence-corrected chi connectivity index (χ0v) is 22.9. The summed E-state index contributed by atoms with van der Waals surface area (Å²) in [5.41, 5.74) is -3.60. The number of rotatable bonds is 4. The van der Waals surface area contributed by atoms with Crippen LogP contribution in [0.5, 0.6) is 0 Å². The summed E-state index contributed by atoms with van der Waals surface area (Å²) in [6.07, 6.45) is -0.810. The van der Waals surface area contributed by atoms with Crippen LogP contribution in [0.4, 0.5) is 0 Å². The van der Waals surface area contributed by atoms with Crippen LogP contribution in [0.15, 0.2) is 11.6 Å². The molecule has 2 saturated heterocycles. The molecule has 3 aliphatic heterocycles. The predicted molar refractivity (Wildman–Crippen MR) is 134 cm³/mol. The van der Waals surface area contributed by atoms with E-state index in [-0.39, 0.29) is 36.9 Å². The normalized spacial score (nSPS) is 56.9. The first kappa shape index (κ1) is 27.4. The largest absolute Gasteiger partial charge is 0.458 e. The summed E-state index contributed by atoms with van der Waals surface area (Å²) in [7, 11) is 0. The molecule has 0 radical (unpaired) electrons. The highest BCUT2D eigenvalue weighted by atomic mass is 16.7. The average Bonchev–Trinajstić information content (AvgIpc) is 3.36. The number of carbonyl (C=O) groups is 2. The molecule has 0 aromatic rings. The predicted octanol–water partition coefficient (Wildman–Crippen LogP) is -0.261. The molecule has 5 N–H and O–H groups in total. The van der Waals surface area contributed by atoms with Crippen LogP contribution in [0.2, 0.25) is 0 Å². The summed E-state index contributed by atoms with van der Waals surface area (Å²) in [6.45, 7) is 3.50. The van der Waals surface area contributed by atoms with Crippen molar-refractivity contribution in [3.05, 3.63) is 11.6 Å². The maximum absolute atomic E-state index is 14.1. The molecule has 1 spiro atoms. The van der Waals surface area contributed by atoms with Gasteiger partial charge in [0.15, 0.2) is 12.1 Å². The summed E-state index contributed by atoms with van der Waals surface area (Å²) < 4.78 is 23.5. The first-order valence-electron chi connectivity index (χ1n) is 14.7. The van der Waals surface area contributed by atoms with E-state index in [4.69, 9.17) is 18.9 Å². The van der Waals surface area contributed by atoms with Crippen LogP contribution in [0.25, 0.3) is 0 Å². The Labute approximate surface area is 232 Å². The van der Waals surface area contributed by atoms with Gasteiger partial charge in [-0.1, -0.05) is 6.92 Å². The van der Waals surface area contributed by atoms with E-state index in [9.17, 15) is 35.1 Å². The van der Waals surface area contributed by atoms with Gasteiger partial charge >= 0.3 is 5.97 Å². The Morgan fingerprint density at radius 1 is 1.07 bits per heavy atom. The van der Waals surface area contributed by atoms with Gasteiger partial charge in [0.05, 0.1) is 30.3 Å². The van der Waals surface area contributed by atoms with Crippen LogP contribution in [-0.4, -0.2) is 105 Å². The second-order valence-electron chi connectivity index (χ2n) is 13.7. The van der Waals surface area contributed by atoms with Crippen molar-refractivity contribution in [2.24, 2.45) is 28.6 Å². The van der Waals surface area contributed by atoms with Crippen LogP contribution in [0.3, 0.4) is 0 Å². The highest BCUT2D eigenvalue weighted by Crippen LogP contribution is 2.76. The lowest BCUT2D eigenvalue weighted by Crippen LogP contribution is -2.75. The summed E-state index contributed by atoms with van der Waals surface area (Å²) in [6, 6.07) is 0. The molecule has 11 heteroatoms. The average molecular weight is 565 g/mol. The monoisotopic (exact) mass is 564 g/mol. The smallest absolute Gasteiger partial charge is 0.331 e. The van der Waals surface area contributed by atoms with Crippen LogP contribution in [-0.2, 0) is 28.5 Å². The zero-order chi connectivity index (χ0) is 28.4. The Kier molecular flexibility index (Phi) is 6.02. The van der Waals surface area contributed by atoms with Gasteiger partial charge < -0.3 is 44.5 Å².